The fourth-order valence-corrected chi connectivity index (χ4v) is 4.16. The van der Waals surface area contributed by atoms with Crippen molar-refractivity contribution in [2.24, 2.45) is 0 Å². The Morgan fingerprint density at radius 3 is 2.32 bits per heavy atom. The maximum Gasteiger partial charge on any atom is 0.407 e. The molecule has 0 aromatic carbocycles. The van der Waals surface area contributed by atoms with Crippen LogP contribution in [0.2, 0.25) is 0 Å². The Balaban J connectivity index is 1.74. The van der Waals surface area contributed by atoms with Crippen LogP contribution in [-0.2, 0) is 9.84 Å². The lowest BCUT2D eigenvalue weighted by molar-refractivity contribution is 0.0619. The molecule has 4 heterocycles. The minimum atomic E-state index is -3.49. The summed E-state index contributed by atoms with van der Waals surface area (Å²) < 4.78 is 30.7. The summed E-state index contributed by atoms with van der Waals surface area (Å²) in [4.78, 5) is 35.6. The highest BCUT2D eigenvalue weighted by Crippen LogP contribution is 2.25. The maximum atomic E-state index is 13.2. The number of rotatable bonds is 5. The molecule has 4 rings (SSSR count). The first kappa shape index (κ1) is 23.2. The zero-order chi connectivity index (χ0) is 24.5. The molecule has 3 aromatic rings. The topological polar surface area (TPSA) is 148 Å². The summed E-state index contributed by atoms with van der Waals surface area (Å²) in [6.07, 6.45) is 2.96. The highest BCUT2D eigenvalue weighted by Gasteiger charge is 2.27. The third-order valence-electron chi connectivity index (χ3n) is 5.36. The van der Waals surface area contributed by atoms with Crippen LogP contribution in [0.25, 0.3) is 17.1 Å². The van der Waals surface area contributed by atoms with Crippen LogP contribution >= 0.6 is 0 Å². The molecule has 0 bridgehead atoms. The number of nitrogens with zero attached hydrogens (tertiary/aromatic N) is 6. The van der Waals surface area contributed by atoms with Crippen LogP contribution in [0, 0.1) is 0 Å². The molecule has 0 aliphatic carbocycles. The molecule has 178 valence electrons. The molecule has 0 unspecified atom stereocenters. The third kappa shape index (κ3) is 4.69. The van der Waals surface area contributed by atoms with Crippen molar-refractivity contribution in [2.75, 3.05) is 39.5 Å². The van der Waals surface area contributed by atoms with Crippen LogP contribution in [0.15, 0.2) is 47.6 Å². The number of amides is 2. The van der Waals surface area contributed by atoms with Gasteiger partial charge in [0.15, 0.2) is 15.5 Å². The number of hydrogen-bond donors (Lipinski definition) is 1. The quantitative estimate of drug-likeness (QED) is 0.561. The maximum absolute atomic E-state index is 13.2. The first-order valence-electron chi connectivity index (χ1n) is 10.2. The van der Waals surface area contributed by atoms with Crippen molar-refractivity contribution in [3.8, 4) is 23.0 Å². The van der Waals surface area contributed by atoms with Crippen LogP contribution in [0.1, 0.15) is 10.5 Å². The predicted molar refractivity (Wildman–Crippen MR) is 120 cm³/mol. The molecule has 34 heavy (non-hydrogen) atoms. The van der Waals surface area contributed by atoms with E-state index in [0.29, 0.717) is 23.0 Å². The van der Waals surface area contributed by atoms with E-state index in [9.17, 15) is 18.0 Å². The smallest absolute Gasteiger partial charge is 0.407 e. The van der Waals surface area contributed by atoms with Gasteiger partial charge in [-0.2, -0.15) is 5.10 Å². The van der Waals surface area contributed by atoms with E-state index in [1.165, 1.54) is 52.2 Å². The Labute approximate surface area is 195 Å². The second-order valence-corrected chi connectivity index (χ2v) is 9.61. The van der Waals surface area contributed by atoms with Gasteiger partial charge in [0, 0.05) is 44.7 Å². The molecular formula is C21H22N6O6S. The van der Waals surface area contributed by atoms with E-state index in [2.05, 4.69) is 15.1 Å². The molecular weight excluding hydrogens is 464 g/mol. The Kier molecular flexibility index (Phi) is 6.20. The molecule has 1 fully saturated rings. The summed E-state index contributed by atoms with van der Waals surface area (Å²) >= 11 is 0. The van der Waals surface area contributed by atoms with Gasteiger partial charge in [-0.3, -0.25) is 9.78 Å². The van der Waals surface area contributed by atoms with Crippen molar-refractivity contribution in [3.63, 3.8) is 0 Å². The van der Waals surface area contributed by atoms with Gasteiger partial charge >= 0.3 is 6.09 Å². The second kappa shape index (κ2) is 9.09. The molecule has 0 atom stereocenters. The molecule has 1 aliphatic heterocycles. The summed E-state index contributed by atoms with van der Waals surface area (Å²) in [5.74, 6) is 0.0213. The molecule has 0 radical (unpaired) electrons. The minimum absolute atomic E-state index is 0.0794. The number of pyridine rings is 2. The van der Waals surface area contributed by atoms with Crippen LogP contribution < -0.4 is 4.74 Å². The monoisotopic (exact) mass is 486 g/mol. The number of ether oxygens (including phenoxy) is 1. The van der Waals surface area contributed by atoms with Crippen LogP contribution in [0.4, 0.5) is 4.79 Å². The molecule has 2 amide bonds. The Morgan fingerprint density at radius 2 is 1.74 bits per heavy atom. The molecule has 13 heteroatoms. The standard InChI is InChI=1S/C21H22N6O6S/c1-33-19-4-3-14(13-23-19)27-18(16-11-15(5-6-22-16)34(2,31)32)12-17(24-27)20(28)25-7-9-26(10-8-25)21(29)30/h3-6,11-13H,7-10H2,1-2H3,(H,29,30). The normalized spacial score (nSPS) is 14.2. The lowest BCUT2D eigenvalue weighted by Crippen LogP contribution is -2.50. The summed E-state index contributed by atoms with van der Waals surface area (Å²) in [6, 6.07) is 7.67. The van der Waals surface area contributed by atoms with Gasteiger partial charge in [0.05, 0.1) is 35.3 Å². The van der Waals surface area contributed by atoms with Gasteiger partial charge in [0.2, 0.25) is 5.88 Å². The fourth-order valence-electron chi connectivity index (χ4n) is 3.53. The Bertz CT molecular complexity index is 1330. The zero-order valence-electron chi connectivity index (χ0n) is 18.4. The molecule has 3 aromatic heterocycles. The highest BCUT2D eigenvalue weighted by atomic mass is 32.2. The van der Waals surface area contributed by atoms with E-state index < -0.39 is 15.9 Å². The predicted octanol–water partition coefficient (Wildman–Crippen LogP) is 1.18. The van der Waals surface area contributed by atoms with E-state index in [0.717, 1.165) is 6.26 Å². The van der Waals surface area contributed by atoms with E-state index in [4.69, 9.17) is 9.84 Å². The van der Waals surface area contributed by atoms with Gasteiger partial charge in [-0.1, -0.05) is 0 Å². The van der Waals surface area contributed by atoms with Gasteiger partial charge in [-0.25, -0.2) is 22.9 Å². The van der Waals surface area contributed by atoms with Gasteiger partial charge < -0.3 is 19.6 Å². The number of methoxy groups -OCH3 is 1. The largest absolute Gasteiger partial charge is 0.481 e. The Morgan fingerprint density at radius 1 is 1.03 bits per heavy atom. The number of carboxylic acid groups (broad SMARTS) is 1. The Hall–Kier alpha value is -4.00. The molecule has 0 spiro atoms. The van der Waals surface area contributed by atoms with Gasteiger partial charge in [0.25, 0.3) is 5.91 Å². The van der Waals surface area contributed by atoms with Gasteiger partial charge in [-0.05, 0) is 24.3 Å². The molecule has 1 N–H and O–H groups in total. The first-order chi connectivity index (χ1) is 16.2. The lowest BCUT2D eigenvalue weighted by atomic mass is 10.2. The van der Waals surface area contributed by atoms with E-state index >= 15 is 0 Å². The van der Waals surface area contributed by atoms with Crippen molar-refractivity contribution >= 4 is 21.8 Å². The number of aromatic nitrogens is 4. The number of carbonyl (C=O) groups is 2. The van der Waals surface area contributed by atoms with Crippen molar-refractivity contribution in [1.82, 2.24) is 29.5 Å². The zero-order valence-corrected chi connectivity index (χ0v) is 19.3. The lowest BCUT2D eigenvalue weighted by Gasteiger charge is -2.32. The highest BCUT2D eigenvalue weighted by molar-refractivity contribution is 7.90. The van der Waals surface area contributed by atoms with Crippen LogP contribution in [-0.4, -0.2) is 94.6 Å². The summed E-state index contributed by atoms with van der Waals surface area (Å²) in [5.41, 5.74) is 1.32. The SMILES string of the molecule is COc1ccc(-n2nc(C(=O)N3CCN(C(=O)O)CC3)cc2-c2cc(S(C)(=O)=O)ccn2)cn1. The number of carbonyl (C=O) groups excluding carboxylic acids is 1. The van der Waals surface area contributed by atoms with Gasteiger partial charge in [-0.15, -0.1) is 0 Å². The van der Waals surface area contributed by atoms with Crippen molar-refractivity contribution < 1.29 is 27.9 Å². The minimum Gasteiger partial charge on any atom is -0.481 e. The van der Waals surface area contributed by atoms with Crippen LogP contribution in [0.3, 0.4) is 0 Å². The molecule has 12 nitrogen and oxygen atoms in total. The number of hydrogen-bond acceptors (Lipinski definition) is 8. The van der Waals surface area contributed by atoms with Crippen LogP contribution in [0.5, 0.6) is 5.88 Å². The molecule has 0 saturated carbocycles. The fraction of sp³-hybridized carbons (Fsp3) is 0.286. The molecule has 1 aliphatic rings. The van der Waals surface area contributed by atoms with Crippen molar-refractivity contribution in [2.45, 2.75) is 4.90 Å². The third-order valence-corrected chi connectivity index (χ3v) is 6.47. The van der Waals surface area contributed by atoms with E-state index in [1.54, 1.807) is 12.1 Å². The average Bonchev–Trinajstić information content (AvgIpc) is 3.29. The van der Waals surface area contributed by atoms with Crippen molar-refractivity contribution in [3.05, 3.63) is 48.4 Å². The summed E-state index contributed by atoms with van der Waals surface area (Å²) in [7, 11) is -2.00. The average molecular weight is 487 g/mol. The van der Waals surface area contributed by atoms with Gasteiger partial charge in [0.1, 0.15) is 0 Å². The van der Waals surface area contributed by atoms with Crippen molar-refractivity contribution in [1.29, 1.82) is 0 Å². The summed E-state index contributed by atoms with van der Waals surface area (Å²) in [6.45, 7) is 0.877. The van der Waals surface area contributed by atoms with E-state index in [1.807, 2.05) is 0 Å². The number of sulfone groups is 1. The summed E-state index contributed by atoms with van der Waals surface area (Å²) in [5, 5.41) is 13.6. The second-order valence-electron chi connectivity index (χ2n) is 7.60. The first-order valence-corrected chi connectivity index (χ1v) is 12.1. The molecule has 1 saturated heterocycles. The van der Waals surface area contributed by atoms with E-state index in [-0.39, 0.29) is 42.7 Å². The number of piperazine rings is 1.